The summed E-state index contributed by atoms with van der Waals surface area (Å²) in [5.41, 5.74) is 0.740. The van der Waals surface area contributed by atoms with Crippen molar-refractivity contribution in [2.45, 2.75) is 39.3 Å². The predicted molar refractivity (Wildman–Crippen MR) is 124 cm³/mol. The minimum Gasteiger partial charge on any atom is -0.486 e. The number of carbonyl (C=O) groups excluding carboxylic acids is 1. The van der Waals surface area contributed by atoms with Gasteiger partial charge in [-0.1, -0.05) is 26.0 Å². The molecule has 6 nitrogen and oxygen atoms in total. The van der Waals surface area contributed by atoms with Crippen LogP contribution in [0.25, 0.3) is 0 Å². The van der Waals surface area contributed by atoms with Crippen molar-refractivity contribution in [2.75, 3.05) is 5.32 Å². The van der Waals surface area contributed by atoms with E-state index in [0.29, 0.717) is 17.4 Å². The van der Waals surface area contributed by atoms with Gasteiger partial charge in [-0.15, -0.1) is 0 Å². The van der Waals surface area contributed by atoms with E-state index in [-0.39, 0.29) is 24.1 Å². The molecule has 0 fully saturated rings. The van der Waals surface area contributed by atoms with Gasteiger partial charge in [-0.3, -0.25) is 9.48 Å². The minimum atomic E-state index is -1.77. The van der Waals surface area contributed by atoms with E-state index in [0.717, 1.165) is 11.1 Å². The Morgan fingerprint density at radius 3 is 2.56 bits per heavy atom. The number of nitrogens with zero attached hydrogens (tertiary/aromatic N) is 2. The van der Waals surface area contributed by atoms with Crippen LogP contribution in [0.15, 0.2) is 59.3 Å². The number of ether oxygens (including phenoxy) is 1. The molecule has 0 saturated heterocycles. The largest absolute Gasteiger partial charge is 0.486 e. The molecule has 10 heteroatoms. The zero-order chi connectivity index (χ0) is 25.8. The number of benzene rings is 2. The molecule has 0 saturated carbocycles. The smallest absolute Gasteiger partial charge is 0.291 e. The summed E-state index contributed by atoms with van der Waals surface area (Å²) in [6.07, 6.45) is 3.57. The van der Waals surface area contributed by atoms with Crippen LogP contribution in [0.1, 0.15) is 53.6 Å². The van der Waals surface area contributed by atoms with Crippen LogP contribution in [0.2, 0.25) is 0 Å². The lowest BCUT2D eigenvalue weighted by atomic mass is 9.99. The quantitative estimate of drug-likeness (QED) is 0.163. The molecule has 2 aromatic heterocycles. The summed E-state index contributed by atoms with van der Waals surface area (Å²) in [6, 6.07) is 11.2. The van der Waals surface area contributed by atoms with Crippen LogP contribution in [0.5, 0.6) is 5.75 Å². The Kier molecular flexibility index (Phi) is 7.42. The highest BCUT2D eigenvalue weighted by Gasteiger charge is 2.20. The van der Waals surface area contributed by atoms with Gasteiger partial charge in [0.15, 0.2) is 23.2 Å². The van der Waals surface area contributed by atoms with Gasteiger partial charge in [-0.25, -0.2) is 17.6 Å². The second kappa shape index (κ2) is 10.7. The summed E-state index contributed by atoms with van der Waals surface area (Å²) in [7, 11) is 0. The van der Waals surface area contributed by atoms with Gasteiger partial charge >= 0.3 is 0 Å². The average molecular weight is 501 g/mol. The van der Waals surface area contributed by atoms with Gasteiger partial charge in [0, 0.05) is 17.8 Å². The summed E-state index contributed by atoms with van der Waals surface area (Å²) in [5, 5.41) is 6.43. The van der Waals surface area contributed by atoms with Crippen molar-refractivity contribution in [3.8, 4) is 5.75 Å². The number of carbonyl (C=O) groups is 1. The summed E-state index contributed by atoms with van der Waals surface area (Å²) in [4.78, 5) is 12.5. The minimum absolute atomic E-state index is 0.0196. The number of anilines is 1. The summed E-state index contributed by atoms with van der Waals surface area (Å²) < 4.78 is 66.6. The Labute approximate surface area is 204 Å². The highest BCUT2D eigenvalue weighted by Crippen LogP contribution is 2.23. The molecule has 4 rings (SSSR count). The zero-order valence-electron chi connectivity index (χ0n) is 19.5. The van der Waals surface area contributed by atoms with E-state index in [1.165, 1.54) is 24.0 Å². The van der Waals surface area contributed by atoms with E-state index in [1.54, 1.807) is 6.07 Å². The molecule has 0 spiro atoms. The normalized spacial score (nSPS) is 11.9. The maximum atomic E-state index is 13.9. The Balaban J connectivity index is 1.34. The van der Waals surface area contributed by atoms with Crippen LogP contribution in [0.3, 0.4) is 0 Å². The maximum absolute atomic E-state index is 13.9. The van der Waals surface area contributed by atoms with Crippen LogP contribution < -0.4 is 10.1 Å². The molecule has 188 valence electrons. The van der Waals surface area contributed by atoms with Gasteiger partial charge in [0.05, 0.1) is 18.4 Å². The van der Waals surface area contributed by atoms with E-state index in [4.69, 9.17) is 9.15 Å². The lowest BCUT2D eigenvalue weighted by Crippen LogP contribution is -2.11. The third-order valence-corrected chi connectivity index (χ3v) is 5.75. The van der Waals surface area contributed by atoms with Crippen LogP contribution in [-0.2, 0) is 13.2 Å². The fourth-order valence-electron chi connectivity index (χ4n) is 3.48. The molecule has 1 unspecified atom stereocenters. The van der Waals surface area contributed by atoms with Crippen molar-refractivity contribution < 1.29 is 31.5 Å². The van der Waals surface area contributed by atoms with E-state index < -0.39 is 41.3 Å². The van der Waals surface area contributed by atoms with Crippen molar-refractivity contribution in [2.24, 2.45) is 0 Å². The van der Waals surface area contributed by atoms with Gasteiger partial charge in [0.2, 0.25) is 0 Å². The Bertz CT molecular complexity index is 1370. The summed E-state index contributed by atoms with van der Waals surface area (Å²) in [5.74, 6) is -5.26. The number of furan rings is 1. The van der Waals surface area contributed by atoms with Crippen LogP contribution >= 0.6 is 0 Å². The van der Waals surface area contributed by atoms with Gasteiger partial charge < -0.3 is 14.5 Å². The van der Waals surface area contributed by atoms with Crippen molar-refractivity contribution in [3.05, 3.63) is 101 Å². The lowest BCUT2D eigenvalue weighted by Gasteiger charge is -2.10. The number of amides is 1. The molecule has 36 heavy (non-hydrogen) atoms. The molecule has 0 radical (unpaired) electrons. The summed E-state index contributed by atoms with van der Waals surface area (Å²) >= 11 is 0. The monoisotopic (exact) mass is 501 g/mol. The topological polar surface area (TPSA) is 69.3 Å². The van der Waals surface area contributed by atoms with Crippen LogP contribution in [0, 0.1) is 23.3 Å². The highest BCUT2D eigenvalue weighted by atomic mass is 19.2. The van der Waals surface area contributed by atoms with Gasteiger partial charge in [-0.2, -0.15) is 5.10 Å². The third kappa shape index (κ3) is 5.59. The molecule has 2 aromatic carbocycles. The van der Waals surface area contributed by atoms with Crippen molar-refractivity contribution in [1.82, 2.24) is 9.78 Å². The molecule has 0 aliphatic heterocycles. The number of hydrogen-bond donors (Lipinski definition) is 1. The maximum Gasteiger partial charge on any atom is 0.291 e. The molecule has 1 atom stereocenters. The Morgan fingerprint density at radius 2 is 1.83 bits per heavy atom. The standard InChI is InChI=1S/C26H23F4N3O3/c1-3-15(2)16-4-6-18(7-5-16)35-14-19-8-9-23(36-19)26(34)32-17-11-31-33(12-17)13-20-21(27)10-22(28)25(30)24(20)29/h4-12,15H,3,13-14H2,1-2H3,(H,32,34). The first-order valence-corrected chi connectivity index (χ1v) is 11.2. The van der Waals surface area contributed by atoms with E-state index in [9.17, 15) is 22.4 Å². The van der Waals surface area contributed by atoms with Gasteiger partial charge in [-0.05, 0) is 42.2 Å². The predicted octanol–water partition coefficient (Wildman–Crippen LogP) is 6.43. The lowest BCUT2D eigenvalue weighted by molar-refractivity contribution is 0.0992. The number of halogens is 4. The third-order valence-electron chi connectivity index (χ3n) is 5.75. The molecule has 1 amide bonds. The number of hydrogen-bond acceptors (Lipinski definition) is 4. The van der Waals surface area contributed by atoms with Crippen LogP contribution in [-0.4, -0.2) is 15.7 Å². The molecule has 2 heterocycles. The number of aromatic nitrogens is 2. The molecule has 0 aliphatic carbocycles. The number of rotatable bonds is 9. The highest BCUT2D eigenvalue weighted by molar-refractivity contribution is 6.02. The first-order valence-electron chi connectivity index (χ1n) is 11.2. The van der Waals surface area contributed by atoms with Crippen molar-refractivity contribution in [3.63, 3.8) is 0 Å². The first kappa shape index (κ1) is 25.0. The summed E-state index contributed by atoms with van der Waals surface area (Å²) in [6.45, 7) is 3.90. The van der Waals surface area contributed by atoms with Crippen molar-refractivity contribution >= 4 is 11.6 Å². The van der Waals surface area contributed by atoms with Gasteiger partial charge in [0.25, 0.3) is 5.91 Å². The van der Waals surface area contributed by atoms with E-state index in [2.05, 4.69) is 24.3 Å². The number of nitrogens with one attached hydrogen (secondary N) is 1. The van der Waals surface area contributed by atoms with Crippen molar-refractivity contribution in [1.29, 1.82) is 0 Å². The van der Waals surface area contributed by atoms with Gasteiger partial charge in [0.1, 0.15) is 23.9 Å². The Hall–Kier alpha value is -4.08. The first-order chi connectivity index (χ1) is 17.2. The van der Waals surface area contributed by atoms with E-state index in [1.807, 2.05) is 24.3 Å². The molecule has 0 aliphatic rings. The fraction of sp³-hybridized carbons (Fsp3) is 0.231. The molecular formula is C26H23F4N3O3. The van der Waals surface area contributed by atoms with E-state index >= 15 is 0 Å². The van der Waals surface area contributed by atoms with Crippen LogP contribution in [0.4, 0.5) is 23.2 Å². The average Bonchev–Trinajstić information content (AvgIpc) is 3.53. The molecule has 0 bridgehead atoms. The SMILES string of the molecule is CCC(C)c1ccc(OCc2ccc(C(=O)Nc3cnn(Cc4c(F)cc(F)c(F)c4F)c3)o2)cc1. The molecule has 1 N–H and O–H groups in total. The second-order valence-electron chi connectivity index (χ2n) is 8.26. The second-order valence-corrected chi connectivity index (χ2v) is 8.26. The Morgan fingerprint density at radius 1 is 1.08 bits per heavy atom. The zero-order valence-corrected chi connectivity index (χ0v) is 19.5. The molecular weight excluding hydrogens is 478 g/mol. The molecule has 4 aromatic rings. The fourth-order valence-corrected chi connectivity index (χ4v) is 3.48.